The first-order valence-corrected chi connectivity index (χ1v) is 8.75. The molecule has 0 aliphatic rings. The van der Waals surface area contributed by atoms with E-state index in [4.69, 9.17) is 11.6 Å². The van der Waals surface area contributed by atoms with Gasteiger partial charge in [-0.1, -0.05) is 71.0 Å². The van der Waals surface area contributed by atoms with Crippen LogP contribution in [0.1, 0.15) is 17.5 Å². The zero-order valence-corrected chi connectivity index (χ0v) is 14.7. The number of rotatable bonds is 5. The maximum atomic E-state index is 12.1. The van der Waals surface area contributed by atoms with Crippen molar-refractivity contribution < 1.29 is 4.79 Å². The molecule has 0 fully saturated rings. The number of hydrogen-bond acceptors (Lipinski definition) is 4. The summed E-state index contributed by atoms with van der Waals surface area (Å²) < 4.78 is 0. The Morgan fingerprint density at radius 1 is 1.12 bits per heavy atom. The van der Waals surface area contributed by atoms with Gasteiger partial charge in [-0.2, -0.15) is 0 Å². The van der Waals surface area contributed by atoms with Crippen molar-refractivity contribution in [2.75, 3.05) is 5.32 Å². The molecule has 0 radical (unpaired) electrons. The molecule has 1 amide bonds. The third-order valence-corrected chi connectivity index (χ3v) is 4.81. The van der Waals surface area contributed by atoms with Gasteiger partial charge in [0.2, 0.25) is 11.0 Å². The van der Waals surface area contributed by atoms with Crippen LogP contribution in [-0.2, 0) is 11.2 Å². The number of carbonyl (C=O) groups is 1. The van der Waals surface area contributed by atoms with Gasteiger partial charge in [-0.15, -0.1) is 10.2 Å². The summed E-state index contributed by atoms with van der Waals surface area (Å²) in [7, 11) is 0. The van der Waals surface area contributed by atoms with E-state index in [1.807, 2.05) is 55.5 Å². The number of carbonyl (C=O) groups excluding carboxylic acids is 1. The molecule has 2 aromatic carbocycles. The lowest BCUT2D eigenvalue weighted by atomic mass is 10.1. The van der Waals surface area contributed by atoms with Crippen LogP contribution in [0.4, 0.5) is 5.13 Å². The minimum atomic E-state index is -0.0958. The van der Waals surface area contributed by atoms with Crippen LogP contribution in [0, 0.1) is 6.92 Å². The summed E-state index contributed by atoms with van der Waals surface area (Å²) in [5.41, 5.74) is 3.15. The first-order chi connectivity index (χ1) is 11.6. The summed E-state index contributed by atoms with van der Waals surface area (Å²) in [6, 6.07) is 15.6. The normalized spacial score (nSPS) is 10.6. The predicted octanol–water partition coefficient (Wildman–Crippen LogP) is 4.74. The fraction of sp³-hybridized carbons (Fsp3) is 0.167. The topological polar surface area (TPSA) is 54.9 Å². The first kappa shape index (κ1) is 16.6. The molecule has 0 unspecified atom stereocenters. The molecule has 6 heteroatoms. The van der Waals surface area contributed by atoms with Gasteiger partial charge >= 0.3 is 0 Å². The second-order valence-electron chi connectivity index (χ2n) is 5.42. The summed E-state index contributed by atoms with van der Waals surface area (Å²) in [5.74, 6) is -0.0958. The lowest BCUT2D eigenvalue weighted by Crippen LogP contribution is -2.12. The van der Waals surface area contributed by atoms with Gasteiger partial charge in [-0.25, -0.2) is 0 Å². The highest BCUT2D eigenvalue weighted by Gasteiger charge is 2.10. The molecule has 1 N–H and O–H groups in total. The minimum Gasteiger partial charge on any atom is -0.301 e. The van der Waals surface area contributed by atoms with E-state index >= 15 is 0 Å². The van der Waals surface area contributed by atoms with E-state index in [1.165, 1.54) is 16.9 Å². The third kappa shape index (κ3) is 4.19. The van der Waals surface area contributed by atoms with E-state index in [0.717, 1.165) is 16.1 Å². The van der Waals surface area contributed by atoms with Crippen LogP contribution in [0.2, 0.25) is 5.02 Å². The van der Waals surface area contributed by atoms with Gasteiger partial charge in [-0.3, -0.25) is 4.79 Å². The number of benzene rings is 2. The number of amides is 1. The third-order valence-electron chi connectivity index (χ3n) is 3.55. The summed E-state index contributed by atoms with van der Waals surface area (Å²) in [4.78, 5) is 12.1. The van der Waals surface area contributed by atoms with Crippen molar-refractivity contribution in [3.8, 4) is 10.6 Å². The van der Waals surface area contributed by atoms with E-state index in [2.05, 4.69) is 15.5 Å². The fourth-order valence-corrected chi connectivity index (χ4v) is 3.21. The number of aryl methyl sites for hydroxylation is 2. The Balaban J connectivity index is 1.59. The summed E-state index contributed by atoms with van der Waals surface area (Å²) in [5, 5.41) is 12.9. The number of nitrogens with zero attached hydrogens (tertiary/aromatic N) is 2. The molecule has 0 aliphatic carbocycles. The summed E-state index contributed by atoms with van der Waals surface area (Å²) in [6.45, 7) is 2.04. The van der Waals surface area contributed by atoms with Gasteiger partial charge in [0, 0.05) is 17.0 Å². The van der Waals surface area contributed by atoms with E-state index < -0.39 is 0 Å². The van der Waals surface area contributed by atoms with Crippen LogP contribution in [0.3, 0.4) is 0 Å². The van der Waals surface area contributed by atoms with Crippen LogP contribution in [-0.4, -0.2) is 16.1 Å². The predicted molar refractivity (Wildman–Crippen MR) is 98.5 cm³/mol. The lowest BCUT2D eigenvalue weighted by molar-refractivity contribution is -0.116. The Labute approximate surface area is 149 Å². The molecular formula is C18H16ClN3OS. The van der Waals surface area contributed by atoms with Crippen LogP contribution in [0.25, 0.3) is 10.6 Å². The second-order valence-corrected chi connectivity index (χ2v) is 6.80. The summed E-state index contributed by atoms with van der Waals surface area (Å²) in [6.07, 6.45) is 0.943. The quantitative estimate of drug-likeness (QED) is 0.717. The highest BCUT2D eigenvalue weighted by molar-refractivity contribution is 7.18. The largest absolute Gasteiger partial charge is 0.301 e. The molecule has 122 valence electrons. The molecule has 0 spiro atoms. The molecule has 0 saturated carbocycles. The van der Waals surface area contributed by atoms with E-state index in [0.29, 0.717) is 23.0 Å². The van der Waals surface area contributed by atoms with Crippen molar-refractivity contribution in [3.63, 3.8) is 0 Å². The zero-order valence-electron chi connectivity index (χ0n) is 13.1. The van der Waals surface area contributed by atoms with E-state index in [-0.39, 0.29) is 5.91 Å². The average molecular weight is 358 g/mol. The van der Waals surface area contributed by atoms with Gasteiger partial charge in [0.25, 0.3) is 0 Å². The van der Waals surface area contributed by atoms with Crippen LogP contribution in [0.15, 0.2) is 48.5 Å². The highest BCUT2D eigenvalue weighted by Crippen LogP contribution is 2.26. The van der Waals surface area contributed by atoms with Crippen molar-refractivity contribution in [1.82, 2.24) is 10.2 Å². The zero-order chi connectivity index (χ0) is 16.9. The number of anilines is 1. The standard InChI is InChI=1S/C18H16ClN3OS/c1-12-6-8-14(9-7-12)17-21-22-18(24-17)20-16(23)11-10-13-4-2-3-5-15(13)19/h2-9H,10-11H2,1H3,(H,20,22,23). The SMILES string of the molecule is Cc1ccc(-c2nnc(NC(=O)CCc3ccccc3Cl)s2)cc1. The molecule has 24 heavy (non-hydrogen) atoms. The molecule has 0 saturated heterocycles. The van der Waals surface area contributed by atoms with Crippen molar-refractivity contribution in [2.45, 2.75) is 19.8 Å². The van der Waals surface area contributed by atoms with Crippen LogP contribution >= 0.6 is 22.9 Å². The molecule has 3 rings (SSSR count). The van der Waals surface area contributed by atoms with E-state index in [1.54, 1.807) is 0 Å². The number of hydrogen-bond donors (Lipinski definition) is 1. The Morgan fingerprint density at radius 2 is 1.88 bits per heavy atom. The van der Waals surface area contributed by atoms with Crippen molar-refractivity contribution in [3.05, 3.63) is 64.7 Å². The van der Waals surface area contributed by atoms with Crippen LogP contribution < -0.4 is 5.32 Å². The Bertz CT molecular complexity index is 845. The summed E-state index contributed by atoms with van der Waals surface area (Å²) >= 11 is 7.46. The van der Waals surface area contributed by atoms with Gasteiger partial charge in [0.05, 0.1) is 0 Å². The van der Waals surface area contributed by atoms with E-state index in [9.17, 15) is 4.79 Å². The van der Waals surface area contributed by atoms with Gasteiger partial charge in [-0.05, 0) is 25.0 Å². The average Bonchev–Trinajstić information content (AvgIpc) is 3.03. The molecule has 0 bridgehead atoms. The fourth-order valence-electron chi connectivity index (χ4n) is 2.22. The first-order valence-electron chi connectivity index (χ1n) is 7.55. The highest BCUT2D eigenvalue weighted by atomic mass is 35.5. The minimum absolute atomic E-state index is 0.0958. The van der Waals surface area contributed by atoms with Crippen molar-refractivity contribution in [2.24, 2.45) is 0 Å². The Hall–Kier alpha value is -2.24. The maximum absolute atomic E-state index is 12.1. The van der Waals surface area contributed by atoms with Gasteiger partial charge in [0.1, 0.15) is 5.01 Å². The lowest BCUT2D eigenvalue weighted by Gasteiger charge is -2.03. The van der Waals surface area contributed by atoms with Crippen molar-refractivity contribution in [1.29, 1.82) is 0 Å². The smallest absolute Gasteiger partial charge is 0.226 e. The molecule has 4 nitrogen and oxygen atoms in total. The molecule has 0 atom stereocenters. The molecule has 0 aliphatic heterocycles. The molecule has 3 aromatic rings. The molecular weight excluding hydrogens is 342 g/mol. The maximum Gasteiger partial charge on any atom is 0.226 e. The van der Waals surface area contributed by atoms with Gasteiger partial charge in [0.15, 0.2) is 0 Å². The Kier molecular flexibility index (Phi) is 5.23. The Morgan fingerprint density at radius 3 is 2.62 bits per heavy atom. The van der Waals surface area contributed by atoms with Crippen molar-refractivity contribution >= 4 is 34.0 Å². The van der Waals surface area contributed by atoms with Crippen LogP contribution in [0.5, 0.6) is 0 Å². The second kappa shape index (κ2) is 7.55. The molecule has 1 heterocycles. The number of aromatic nitrogens is 2. The molecule has 1 aromatic heterocycles. The number of nitrogens with one attached hydrogen (secondary N) is 1. The monoisotopic (exact) mass is 357 g/mol. The number of halogens is 1. The van der Waals surface area contributed by atoms with Gasteiger partial charge < -0.3 is 5.32 Å².